The molecule has 0 saturated heterocycles. The highest BCUT2D eigenvalue weighted by molar-refractivity contribution is 9.10. The molecule has 2 rings (SSSR count). The van der Waals surface area contributed by atoms with Crippen LogP contribution in [0.25, 0.3) is 0 Å². The molecule has 1 aromatic rings. The van der Waals surface area contributed by atoms with E-state index < -0.39 is 0 Å². The molecule has 1 fully saturated rings. The summed E-state index contributed by atoms with van der Waals surface area (Å²) in [6.45, 7) is 0. The van der Waals surface area contributed by atoms with Crippen LogP contribution in [0, 0.1) is 5.92 Å². The summed E-state index contributed by atoms with van der Waals surface area (Å²) in [7, 11) is 1.64. The van der Waals surface area contributed by atoms with Crippen molar-refractivity contribution in [2.45, 2.75) is 18.9 Å². The van der Waals surface area contributed by atoms with Crippen molar-refractivity contribution in [1.29, 1.82) is 0 Å². The average molecular weight is 257 g/mol. The van der Waals surface area contributed by atoms with Gasteiger partial charge in [-0.25, -0.2) is 0 Å². The standard InChI is InChI=1S/C11H13BrO2/c1-14-8-4-5-10(12)9(6-8)11(13)7-2-3-7/h4-7,11,13H,2-3H2,1H3. The van der Waals surface area contributed by atoms with E-state index in [4.69, 9.17) is 4.74 Å². The number of rotatable bonds is 3. The Balaban J connectivity index is 2.29. The maximum absolute atomic E-state index is 9.98. The van der Waals surface area contributed by atoms with Crippen LogP contribution in [0.3, 0.4) is 0 Å². The lowest BCUT2D eigenvalue weighted by Crippen LogP contribution is -2.01. The van der Waals surface area contributed by atoms with E-state index in [1.807, 2.05) is 18.2 Å². The van der Waals surface area contributed by atoms with Crippen molar-refractivity contribution >= 4 is 15.9 Å². The number of halogens is 1. The van der Waals surface area contributed by atoms with Crippen LogP contribution >= 0.6 is 15.9 Å². The Hall–Kier alpha value is -0.540. The summed E-state index contributed by atoms with van der Waals surface area (Å²) in [6.07, 6.45) is 1.91. The van der Waals surface area contributed by atoms with Gasteiger partial charge in [0.2, 0.25) is 0 Å². The minimum absolute atomic E-state index is 0.348. The smallest absolute Gasteiger partial charge is 0.119 e. The van der Waals surface area contributed by atoms with Crippen LogP contribution < -0.4 is 4.74 Å². The molecule has 1 aliphatic carbocycles. The van der Waals surface area contributed by atoms with Crippen molar-refractivity contribution in [2.75, 3.05) is 7.11 Å². The van der Waals surface area contributed by atoms with Crippen LogP contribution in [-0.2, 0) is 0 Å². The van der Waals surface area contributed by atoms with Gasteiger partial charge in [0.25, 0.3) is 0 Å². The molecule has 1 atom stereocenters. The zero-order chi connectivity index (χ0) is 10.1. The highest BCUT2D eigenvalue weighted by Crippen LogP contribution is 2.43. The maximum Gasteiger partial charge on any atom is 0.119 e. The molecule has 1 aromatic carbocycles. The largest absolute Gasteiger partial charge is 0.497 e. The van der Waals surface area contributed by atoms with E-state index in [1.165, 1.54) is 0 Å². The van der Waals surface area contributed by atoms with Crippen molar-refractivity contribution in [3.8, 4) is 5.75 Å². The number of hydrogen-bond donors (Lipinski definition) is 1. The fraction of sp³-hybridized carbons (Fsp3) is 0.455. The summed E-state index contributed by atoms with van der Waals surface area (Å²) in [5.74, 6) is 1.24. The van der Waals surface area contributed by atoms with Gasteiger partial charge in [-0.15, -0.1) is 0 Å². The predicted molar refractivity (Wildman–Crippen MR) is 58.4 cm³/mol. The molecule has 1 aliphatic rings. The summed E-state index contributed by atoms with van der Waals surface area (Å²) in [5.41, 5.74) is 0.937. The molecule has 3 heteroatoms. The second kappa shape index (κ2) is 3.91. The lowest BCUT2D eigenvalue weighted by atomic mass is 10.1. The van der Waals surface area contributed by atoms with Gasteiger partial charge in [-0.05, 0) is 42.5 Å². The van der Waals surface area contributed by atoms with Crippen LogP contribution in [0.5, 0.6) is 5.75 Å². The number of benzene rings is 1. The molecule has 14 heavy (non-hydrogen) atoms. The van der Waals surface area contributed by atoms with Crippen LogP contribution in [0.4, 0.5) is 0 Å². The van der Waals surface area contributed by atoms with Gasteiger partial charge in [0.1, 0.15) is 5.75 Å². The minimum Gasteiger partial charge on any atom is -0.497 e. The third kappa shape index (κ3) is 1.93. The summed E-state index contributed by atoms with van der Waals surface area (Å²) in [6, 6.07) is 5.69. The Labute approximate surface area is 92.0 Å². The van der Waals surface area contributed by atoms with E-state index in [0.717, 1.165) is 28.6 Å². The molecule has 0 bridgehead atoms. The number of hydrogen-bond acceptors (Lipinski definition) is 2. The molecule has 0 spiro atoms. The average Bonchev–Trinajstić information content (AvgIpc) is 3.01. The molecular formula is C11H13BrO2. The van der Waals surface area contributed by atoms with Gasteiger partial charge in [0, 0.05) is 4.47 Å². The van der Waals surface area contributed by atoms with Crippen molar-refractivity contribution < 1.29 is 9.84 Å². The van der Waals surface area contributed by atoms with Crippen LogP contribution in [0.2, 0.25) is 0 Å². The fourth-order valence-corrected chi connectivity index (χ4v) is 2.02. The first kappa shape index (κ1) is 9.99. The molecule has 0 radical (unpaired) electrons. The van der Waals surface area contributed by atoms with Crippen molar-refractivity contribution in [3.05, 3.63) is 28.2 Å². The molecule has 1 N–H and O–H groups in total. The molecule has 1 saturated carbocycles. The topological polar surface area (TPSA) is 29.5 Å². The number of aliphatic hydroxyl groups is 1. The van der Waals surface area contributed by atoms with E-state index in [9.17, 15) is 5.11 Å². The Morgan fingerprint density at radius 2 is 2.21 bits per heavy atom. The highest BCUT2D eigenvalue weighted by atomic mass is 79.9. The van der Waals surface area contributed by atoms with E-state index in [2.05, 4.69) is 15.9 Å². The van der Waals surface area contributed by atoms with Gasteiger partial charge in [-0.1, -0.05) is 15.9 Å². The Morgan fingerprint density at radius 1 is 1.50 bits per heavy atom. The Morgan fingerprint density at radius 3 is 2.79 bits per heavy atom. The van der Waals surface area contributed by atoms with Gasteiger partial charge < -0.3 is 9.84 Å². The molecule has 0 aliphatic heterocycles. The van der Waals surface area contributed by atoms with Crippen LogP contribution in [0.15, 0.2) is 22.7 Å². The van der Waals surface area contributed by atoms with E-state index >= 15 is 0 Å². The lowest BCUT2D eigenvalue weighted by molar-refractivity contribution is 0.152. The molecule has 1 unspecified atom stereocenters. The number of ether oxygens (including phenoxy) is 1. The summed E-state index contributed by atoms with van der Waals surface area (Å²) in [4.78, 5) is 0. The highest BCUT2D eigenvalue weighted by Gasteiger charge is 2.31. The summed E-state index contributed by atoms with van der Waals surface area (Å²) >= 11 is 3.44. The number of methoxy groups -OCH3 is 1. The van der Waals surface area contributed by atoms with Crippen molar-refractivity contribution in [1.82, 2.24) is 0 Å². The molecule has 0 aromatic heterocycles. The van der Waals surface area contributed by atoms with Crippen molar-refractivity contribution in [3.63, 3.8) is 0 Å². The van der Waals surface area contributed by atoms with Gasteiger partial charge in [-0.3, -0.25) is 0 Å². The first-order chi connectivity index (χ1) is 6.72. The van der Waals surface area contributed by atoms with Crippen molar-refractivity contribution in [2.24, 2.45) is 5.92 Å². The molecule has 0 amide bonds. The van der Waals surface area contributed by atoms with Crippen LogP contribution in [-0.4, -0.2) is 12.2 Å². The zero-order valence-electron chi connectivity index (χ0n) is 8.03. The first-order valence-electron chi connectivity index (χ1n) is 4.74. The van der Waals surface area contributed by atoms with Crippen LogP contribution in [0.1, 0.15) is 24.5 Å². The second-order valence-corrected chi connectivity index (χ2v) is 4.52. The summed E-state index contributed by atoms with van der Waals surface area (Å²) < 4.78 is 6.08. The Kier molecular flexibility index (Phi) is 2.79. The molecule has 0 heterocycles. The Bertz CT molecular complexity index is 334. The van der Waals surface area contributed by atoms with Gasteiger partial charge in [-0.2, -0.15) is 0 Å². The third-order valence-electron chi connectivity index (χ3n) is 2.59. The predicted octanol–water partition coefficient (Wildman–Crippen LogP) is 2.90. The number of aliphatic hydroxyl groups excluding tert-OH is 1. The SMILES string of the molecule is COc1ccc(Br)c(C(O)C2CC2)c1. The minimum atomic E-state index is -0.348. The quantitative estimate of drug-likeness (QED) is 0.902. The van der Waals surface area contributed by atoms with E-state index in [0.29, 0.717) is 5.92 Å². The van der Waals surface area contributed by atoms with Gasteiger partial charge >= 0.3 is 0 Å². The monoisotopic (exact) mass is 256 g/mol. The van der Waals surface area contributed by atoms with Gasteiger partial charge in [0.05, 0.1) is 13.2 Å². The van der Waals surface area contributed by atoms with E-state index in [1.54, 1.807) is 7.11 Å². The zero-order valence-corrected chi connectivity index (χ0v) is 9.62. The first-order valence-corrected chi connectivity index (χ1v) is 5.53. The summed E-state index contributed by atoms with van der Waals surface area (Å²) in [5, 5.41) is 9.98. The molecule has 2 nitrogen and oxygen atoms in total. The fourth-order valence-electron chi connectivity index (χ4n) is 1.54. The molecule has 76 valence electrons. The van der Waals surface area contributed by atoms with Gasteiger partial charge in [0.15, 0.2) is 0 Å². The van der Waals surface area contributed by atoms with E-state index in [-0.39, 0.29) is 6.10 Å². The third-order valence-corrected chi connectivity index (χ3v) is 3.31. The lowest BCUT2D eigenvalue weighted by Gasteiger charge is -2.12. The maximum atomic E-state index is 9.98. The second-order valence-electron chi connectivity index (χ2n) is 3.67. The molecular weight excluding hydrogens is 244 g/mol. The normalized spacial score (nSPS) is 17.9.